The van der Waals surface area contributed by atoms with Crippen LogP contribution >= 0.6 is 22.9 Å². The first kappa shape index (κ1) is 17.7. The average molecular weight is 376 g/mol. The average Bonchev–Trinajstić information content (AvgIpc) is 2.97. The fraction of sp³-hybridized carbons (Fsp3) is 0.333. The third-order valence-corrected chi connectivity index (χ3v) is 5.62. The van der Waals surface area contributed by atoms with E-state index in [-0.39, 0.29) is 5.91 Å². The fourth-order valence-corrected chi connectivity index (χ4v) is 4.33. The predicted molar refractivity (Wildman–Crippen MR) is 99.6 cm³/mol. The third kappa shape index (κ3) is 3.79. The van der Waals surface area contributed by atoms with Crippen LogP contribution in [0.1, 0.15) is 39.2 Å². The Hall–Kier alpha value is -2.07. The highest BCUT2D eigenvalue weighted by atomic mass is 35.5. The number of nitrogens with one attached hydrogen (secondary N) is 1. The number of ether oxygens (including phenoxy) is 1. The van der Waals surface area contributed by atoms with E-state index in [4.69, 9.17) is 22.1 Å². The van der Waals surface area contributed by atoms with Crippen molar-refractivity contribution in [2.45, 2.75) is 25.7 Å². The number of nitrogens with zero attached hydrogens (tertiary/aromatic N) is 1. The lowest BCUT2D eigenvalue weighted by Gasteiger charge is -2.10. The molecule has 130 valence electrons. The second kappa shape index (κ2) is 7.87. The summed E-state index contributed by atoms with van der Waals surface area (Å²) in [5.74, 6) is 0.185. The molecule has 0 atom stereocenters. The van der Waals surface area contributed by atoms with Crippen molar-refractivity contribution in [2.24, 2.45) is 5.73 Å². The molecule has 3 N–H and O–H groups in total. The Morgan fingerprint density at radius 1 is 1.40 bits per heavy atom. The van der Waals surface area contributed by atoms with Gasteiger partial charge in [0.15, 0.2) is 0 Å². The zero-order valence-corrected chi connectivity index (χ0v) is 15.2. The maximum Gasteiger partial charge on any atom is 0.257 e. The summed E-state index contributed by atoms with van der Waals surface area (Å²) < 4.78 is 5.45. The monoisotopic (exact) mass is 375 g/mol. The minimum absolute atomic E-state index is 0.312. The quantitative estimate of drug-likeness (QED) is 0.833. The number of carbonyl (C=O) groups is 1. The van der Waals surface area contributed by atoms with Crippen molar-refractivity contribution in [1.29, 1.82) is 5.26 Å². The summed E-state index contributed by atoms with van der Waals surface area (Å²) in [5, 5.41) is 13.3. The number of rotatable bonds is 5. The first-order chi connectivity index (χ1) is 12.1. The van der Waals surface area contributed by atoms with Crippen molar-refractivity contribution < 1.29 is 9.53 Å². The molecule has 25 heavy (non-hydrogen) atoms. The number of amides is 1. The Morgan fingerprint density at radius 3 is 2.96 bits per heavy atom. The highest BCUT2D eigenvalue weighted by Gasteiger charge is 2.22. The molecule has 0 aliphatic heterocycles. The molecule has 0 bridgehead atoms. The second-order valence-corrected chi connectivity index (χ2v) is 7.27. The van der Waals surface area contributed by atoms with Crippen LogP contribution in [0.15, 0.2) is 18.2 Å². The number of benzene rings is 1. The number of thiophene rings is 1. The minimum atomic E-state index is -0.349. The molecule has 0 radical (unpaired) electrons. The van der Waals surface area contributed by atoms with Crippen molar-refractivity contribution in [3.63, 3.8) is 0 Å². The Morgan fingerprint density at radius 2 is 2.20 bits per heavy atom. The maximum atomic E-state index is 12.7. The molecular formula is C18H18ClN3O2S. The Bertz CT molecular complexity index is 842. The van der Waals surface area contributed by atoms with Crippen LogP contribution in [0.5, 0.6) is 5.75 Å². The summed E-state index contributed by atoms with van der Waals surface area (Å²) >= 11 is 7.65. The number of hydrogen-bond donors (Lipinski definition) is 2. The Balaban J connectivity index is 1.85. The number of anilines is 1. The smallest absolute Gasteiger partial charge is 0.257 e. The van der Waals surface area contributed by atoms with E-state index < -0.39 is 0 Å². The van der Waals surface area contributed by atoms with E-state index in [9.17, 15) is 10.1 Å². The predicted octanol–water partition coefficient (Wildman–Crippen LogP) is 3.74. The van der Waals surface area contributed by atoms with Crippen LogP contribution in [0.4, 0.5) is 5.00 Å². The highest BCUT2D eigenvalue weighted by Crippen LogP contribution is 2.38. The van der Waals surface area contributed by atoms with E-state index in [2.05, 4.69) is 11.4 Å². The summed E-state index contributed by atoms with van der Waals surface area (Å²) in [5.41, 5.74) is 7.40. The van der Waals surface area contributed by atoms with E-state index in [1.54, 1.807) is 18.2 Å². The van der Waals surface area contributed by atoms with Crippen LogP contribution < -0.4 is 15.8 Å². The summed E-state index contributed by atoms with van der Waals surface area (Å²) in [4.78, 5) is 13.9. The molecule has 2 aromatic rings. The molecule has 1 aliphatic carbocycles. The third-order valence-electron chi connectivity index (χ3n) is 4.08. The van der Waals surface area contributed by atoms with Gasteiger partial charge in [-0.3, -0.25) is 4.79 Å². The summed E-state index contributed by atoms with van der Waals surface area (Å²) in [6.45, 7) is 0.745. The molecule has 0 fully saturated rings. The molecular weight excluding hydrogens is 358 g/mol. The molecule has 0 saturated heterocycles. The van der Waals surface area contributed by atoms with Crippen LogP contribution in [0.2, 0.25) is 5.02 Å². The molecule has 7 heteroatoms. The molecule has 0 unspecified atom stereocenters. The Labute approximate surface area is 155 Å². The van der Waals surface area contributed by atoms with E-state index in [0.29, 0.717) is 40.1 Å². The SMILES string of the molecule is N#Cc1c(NC(=O)c2cc(OCCN)ccc2Cl)sc2c1CCCC2. The van der Waals surface area contributed by atoms with Crippen molar-refractivity contribution in [1.82, 2.24) is 0 Å². The lowest BCUT2D eigenvalue weighted by Crippen LogP contribution is -2.14. The van der Waals surface area contributed by atoms with E-state index in [1.165, 1.54) is 16.2 Å². The zero-order chi connectivity index (χ0) is 17.8. The van der Waals surface area contributed by atoms with Gasteiger partial charge in [0.25, 0.3) is 5.91 Å². The van der Waals surface area contributed by atoms with Gasteiger partial charge in [0.2, 0.25) is 0 Å². The van der Waals surface area contributed by atoms with Crippen LogP contribution in [-0.4, -0.2) is 19.1 Å². The first-order valence-corrected chi connectivity index (χ1v) is 9.32. The van der Waals surface area contributed by atoms with E-state index in [0.717, 1.165) is 31.2 Å². The van der Waals surface area contributed by atoms with Crippen molar-refractivity contribution in [3.05, 3.63) is 44.8 Å². The molecule has 0 spiro atoms. The minimum Gasteiger partial charge on any atom is -0.492 e. The van der Waals surface area contributed by atoms with Gasteiger partial charge in [-0.15, -0.1) is 11.3 Å². The van der Waals surface area contributed by atoms with E-state index >= 15 is 0 Å². The van der Waals surface area contributed by atoms with Gasteiger partial charge in [-0.1, -0.05) is 11.6 Å². The standard InChI is InChI=1S/C18H18ClN3O2S/c19-15-6-5-11(24-8-7-20)9-13(15)17(23)22-18-14(10-21)12-3-1-2-4-16(12)25-18/h5-6,9H,1-4,7-8,20H2,(H,22,23). The first-order valence-electron chi connectivity index (χ1n) is 8.12. The van der Waals surface area contributed by atoms with Gasteiger partial charge in [-0.05, 0) is 49.4 Å². The normalized spacial score (nSPS) is 13.0. The van der Waals surface area contributed by atoms with Gasteiger partial charge in [0, 0.05) is 11.4 Å². The maximum absolute atomic E-state index is 12.7. The van der Waals surface area contributed by atoms with Crippen molar-refractivity contribution >= 4 is 33.8 Å². The lowest BCUT2D eigenvalue weighted by molar-refractivity contribution is 0.102. The van der Waals surface area contributed by atoms with Gasteiger partial charge in [0.1, 0.15) is 23.4 Å². The lowest BCUT2D eigenvalue weighted by atomic mass is 9.96. The fourth-order valence-electron chi connectivity index (χ4n) is 2.89. The molecule has 1 aromatic heterocycles. The zero-order valence-electron chi connectivity index (χ0n) is 13.6. The van der Waals surface area contributed by atoms with Crippen LogP contribution in [0.3, 0.4) is 0 Å². The summed E-state index contributed by atoms with van der Waals surface area (Å²) in [7, 11) is 0. The summed E-state index contributed by atoms with van der Waals surface area (Å²) in [6, 6.07) is 7.14. The number of carbonyl (C=O) groups excluding carboxylic acids is 1. The molecule has 1 aliphatic rings. The number of nitriles is 1. The largest absolute Gasteiger partial charge is 0.492 e. The summed E-state index contributed by atoms with van der Waals surface area (Å²) in [6.07, 6.45) is 4.07. The van der Waals surface area contributed by atoms with Gasteiger partial charge in [0.05, 0.1) is 16.1 Å². The van der Waals surface area contributed by atoms with Crippen LogP contribution in [0, 0.1) is 11.3 Å². The highest BCUT2D eigenvalue weighted by molar-refractivity contribution is 7.16. The topological polar surface area (TPSA) is 88.1 Å². The molecule has 1 heterocycles. The van der Waals surface area contributed by atoms with Gasteiger partial charge in [-0.2, -0.15) is 5.26 Å². The van der Waals surface area contributed by atoms with Crippen LogP contribution in [-0.2, 0) is 12.8 Å². The molecule has 0 saturated carbocycles. The number of aryl methyl sites for hydroxylation is 1. The number of fused-ring (bicyclic) bond motifs is 1. The number of nitrogens with two attached hydrogens (primary N) is 1. The molecule has 5 nitrogen and oxygen atoms in total. The van der Waals surface area contributed by atoms with Gasteiger partial charge >= 0.3 is 0 Å². The molecule has 1 amide bonds. The van der Waals surface area contributed by atoms with Gasteiger partial charge < -0.3 is 15.8 Å². The van der Waals surface area contributed by atoms with Crippen molar-refractivity contribution in [2.75, 3.05) is 18.5 Å². The number of halogens is 1. The number of hydrogen-bond acceptors (Lipinski definition) is 5. The van der Waals surface area contributed by atoms with Gasteiger partial charge in [-0.25, -0.2) is 0 Å². The molecule has 1 aromatic carbocycles. The molecule has 3 rings (SSSR count). The second-order valence-electron chi connectivity index (χ2n) is 5.76. The van der Waals surface area contributed by atoms with E-state index in [1.807, 2.05) is 0 Å². The van der Waals surface area contributed by atoms with Crippen molar-refractivity contribution in [3.8, 4) is 11.8 Å². The Kier molecular flexibility index (Phi) is 5.59. The van der Waals surface area contributed by atoms with Crippen LogP contribution in [0.25, 0.3) is 0 Å².